The van der Waals surface area contributed by atoms with Crippen LogP contribution in [0.4, 0.5) is 5.69 Å². The van der Waals surface area contributed by atoms with Gasteiger partial charge in [0, 0.05) is 6.61 Å². The lowest BCUT2D eigenvalue weighted by molar-refractivity contribution is 0.125. The molecule has 1 aromatic heterocycles. The lowest BCUT2D eigenvalue weighted by Gasteiger charge is -2.35. The average Bonchev–Trinajstić information content (AvgIpc) is 3.13. The number of fused-ring (bicyclic) bond motifs is 2. The highest BCUT2D eigenvalue weighted by atomic mass is 16.5. The van der Waals surface area contributed by atoms with Gasteiger partial charge >= 0.3 is 0 Å². The molecule has 6 heteroatoms. The Morgan fingerprint density at radius 3 is 2.80 bits per heavy atom. The third kappa shape index (κ3) is 4.38. The number of hydrogen-bond donors (Lipinski definition) is 3. The molecule has 1 unspecified atom stereocenters. The van der Waals surface area contributed by atoms with E-state index < -0.39 is 0 Å². The maximum absolute atomic E-state index is 6.99. The fourth-order valence-corrected chi connectivity index (χ4v) is 5.12. The maximum Gasteiger partial charge on any atom is 0.293 e. The highest BCUT2D eigenvalue weighted by Crippen LogP contribution is 2.45. The van der Waals surface area contributed by atoms with Gasteiger partial charge in [-0.2, -0.15) is 4.98 Å². The molecule has 0 spiro atoms. The van der Waals surface area contributed by atoms with Crippen molar-refractivity contribution in [1.82, 2.24) is 9.97 Å². The molecule has 0 radical (unpaired) electrons. The number of aryl methyl sites for hydroxylation is 3. The Kier molecular flexibility index (Phi) is 5.66. The van der Waals surface area contributed by atoms with Gasteiger partial charge in [0.2, 0.25) is 7.31 Å². The Labute approximate surface area is 181 Å². The van der Waals surface area contributed by atoms with Crippen molar-refractivity contribution in [3.05, 3.63) is 41.3 Å². The standard InChI is InChI=1S/C24H33N3O3/c1-3-5-18-14-17(6-4-13-28)21-23(18)30-24-22(27-21)20(25-15(2)26-24)12-9-16-7-10-19(29)11-8-16/h7-8,10-11,17-18,21,23,27-29H,3-6,9,12-14H2,1-2H3/t17-,18-,21?,23+/m0/s1/i28T/hT. The van der Waals surface area contributed by atoms with E-state index >= 15 is 0 Å². The zero-order chi connectivity index (χ0) is 22.5. The lowest BCUT2D eigenvalue weighted by atomic mass is 9.95. The number of nitrogens with zero attached hydrogens (tertiary/aromatic N) is 2. The topological polar surface area (TPSA) is 87.5 Å². The number of phenols is 1. The molecule has 0 amide bonds. The smallest absolute Gasteiger partial charge is 0.293 e. The van der Waals surface area contributed by atoms with Gasteiger partial charge in [-0.1, -0.05) is 25.5 Å². The fourth-order valence-electron chi connectivity index (χ4n) is 5.12. The summed E-state index contributed by atoms with van der Waals surface area (Å²) in [5.41, 5.74) is 3.09. The van der Waals surface area contributed by atoms with Crippen LogP contribution in [-0.2, 0) is 12.8 Å². The summed E-state index contributed by atoms with van der Waals surface area (Å²) in [7, 11) is 0. The van der Waals surface area contributed by atoms with E-state index in [4.69, 9.17) is 12.6 Å². The number of anilines is 1. The zero-order valence-electron chi connectivity index (χ0n) is 19.9. The fraction of sp³-hybridized carbons (Fsp3) is 0.583. The van der Waals surface area contributed by atoms with E-state index in [9.17, 15) is 0 Å². The largest absolute Gasteiger partial charge is 0.508 e. The number of aliphatic hydroxyl groups excluding tert-OH is 1. The first-order valence-corrected chi connectivity index (χ1v) is 11.2. The quantitative estimate of drug-likeness (QED) is 0.508. The van der Waals surface area contributed by atoms with E-state index in [1.807, 2.05) is 31.2 Å². The van der Waals surface area contributed by atoms with Crippen LogP contribution in [0.3, 0.4) is 0 Å². The average molecular weight is 416 g/mol. The van der Waals surface area contributed by atoms with Crippen LogP contribution in [0.1, 0.15) is 56.1 Å². The Balaban J connectivity index is 1.53. The molecular weight excluding hydrogens is 378 g/mol. The molecule has 2 heterocycles. The summed E-state index contributed by atoms with van der Waals surface area (Å²) in [6.07, 6.45) is 7.08. The number of nitrogens with one attached hydrogen (secondary N) is 1. The number of rotatable bonds is 10. The molecule has 3 N–H and O–H groups in total. The summed E-state index contributed by atoms with van der Waals surface area (Å²) < 4.78 is 20.5. The van der Waals surface area contributed by atoms with Gasteiger partial charge < -0.3 is 20.3 Å². The number of aromatic hydroxyl groups is 1. The molecule has 2 aliphatic rings. The minimum Gasteiger partial charge on any atom is -0.508 e. The molecule has 1 aliphatic carbocycles. The molecule has 0 bridgehead atoms. The van der Waals surface area contributed by atoms with Gasteiger partial charge in [0.1, 0.15) is 23.4 Å². The molecule has 2 aromatic rings. The molecule has 1 fully saturated rings. The van der Waals surface area contributed by atoms with Gasteiger partial charge in [-0.25, -0.2) is 4.98 Å². The van der Waals surface area contributed by atoms with Gasteiger partial charge in [-0.15, -0.1) is 0 Å². The van der Waals surface area contributed by atoms with Crippen molar-refractivity contribution in [2.24, 2.45) is 11.8 Å². The number of aromatic nitrogens is 2. The number of hydrogen-bond acceptors (Lipinski definition) is 6. The molecule has 162 valence electrons. The van der Waals surface area contributed by atoms with E-state index in [-0.39, 0.29) is 12.1 Å². The Morgan fingerprint density at radius 2 is 2.03 bits per heavy atom. The van der Waals surface area contributed by atoms with Crippen LogP contribution in [0.5, 0.6) is 11.6 Å². The van der Waals surface area contributed by atoms with Gasteiger partial charge in [-0.05, 0) is 75.0 Å². The Bertz CT molecular complexity index is 897. The van der Waals surface area contributed by atoms with E-state index in [2.05, 4.69) is 27.4 Å². The second-order valence-electron chi connectivity index (χ2n) is 8.69. The summed E-state index contributed by atoms with van der Waals surface area (Å²) in [6, 6.07) is 7.84. The summed E-state index contributed by atoms with van der Waals surface area (Å²) >= 11 is 0. The van der Waals surface area contributed by atoms with Crippen molar-refractivity contribution in [3.63, 3.8) is 0 Å². The van der Waals surface area contributed by atoms with Gasteiger partial charge in [-0.3, -0.25) is 0 Å². The maximum atomic E-state index is 6.99. The Morgan fingerprint density at radius 1 is 1.17 bits per heavy atom. The van der Waals surface area contributed by atoms with Crippen molar-refractivity contribution in [2.75, 3.05) is 11.9 Å². The second-order valence-corrected chi connectivity index (χ2v) is 8.69. The van der Waals surface area contributed by atoms with Gasteiger partial charge in [0.05, 0.1) is 11.7 Å². The van der Waals surface area contributed by atoms with Crippen LogP contribution in [0.2, 0.25) is 0 Å². The first kappa shape index (κ1) is 18.4. The van der Waals surface area contributed by atoms with Crippen LogP contribution in [0, 0.1) is 18.8 Å². The predicted molar refractivity (Wildman–Crippen MR) is 117 cm³/mol. The van der Waals surface area contributed by atoms with Crippen LogP contribution in [0.15, 0.2) is 24.3 Å². The van der Waals surface area contributed by atoms with Crippen molar-refractivity contribution in [2.45, 2.75) is 70.9 Å². The molecule has 1 aromatic carbocycles. The van der Waals surface area contributed by atoms with Crippen LogP contribution in [-0.4, -0.2) is 41.8 Å². The molecule has 0 saturated heterocycles. The van der Waals surface area contributed by atoms with Crippen molar-refractivity contribution >= 4 is 5.69 Å². The molecule has 1 saturated carbocycles. The number of benzene rings is 1. The molecule has 4 atom stereocenters. The molecule has 4 rings (SSSR count). The van der Waals surface area contributed by atoms with Gasteiger partial charge in [0.25, 0.3) is 1.43 Å². The molecule has 6 nitrogen and oxygen atoms in total. The first-order valence-electron chi connectivity index (χ1n) is 12.1. The number of aliphatic hydroxyl groups is 1. The van der Waals surface area contributed by atoms with Crippen molar-refractivity contribution < 1.29 is 15.0 Å². The summed E-state index contributed by atoms with van der Waals surface area (Å²) in [5, 5.41) is 12.9. The summed E-state index contributed by atoms with van der Waals surface area (Å²) in [6.45, 7) is 4.62. The molecule has 30 heavy (non-hydrogen) atoms. The van der Waals surface area contributed by atoms with Crippen molar-refractivity contribution in [1.29, 1.82) is 2.86 Å². The van der Waals surface area contributed by atoms with Crippen LogP contribution in [0.25, 0.3) is 0 Å². The normalized spacial score (nSPS) is 25.4. The van der Waals surface area contributed by atoms with Crippen LogP contribution < -0.4 is 10.1 Å². The van der Waals surface area contributed by atoms with E-state index in [0.717, 1.165) is 62.2 Å². The second kappa shape index (κ2) is 9.21. The first-order chi connectivity index (χ1) is 15.6. The van der Waals surface area contributed by atoms with E-state index in [1.165, 1.54) is 5.56 Å². The predicted octanol–water partition coefficient (Wildman–Crippen LogP) is 4.03. The summed E-state index contributed by atoms with van der Waals surface area (Å²) in [5.74, 6) is 2.96. The minimum atomic E-state index is 0.129. The highest BCUT2D eigenvalue weighted by Gasteiger charge is 2.47. The zero-order valence-corrected chi connectivity index (χ0v) is 17.9. The minimum absolute atomic E-state index is 0.129. The summed E-state index contributed by atoms with van der Waals surface area (Å²) in [4.78, 5) is 9.38. The van der Waals surface area contributed by atoms with Crippen molar-refractivity contribution in [3.8, 4) is 11.6 Å². The third-order valence-corrected chi connectivity index (χ3v) is 6.51. The molecule has 1 aliphatic heterocycles. The monoisotopic (exact) mass is 415 g/mol. The third-order valence-electron chi connectivity index (χ3n) is 6.51. The Hall–Kier alpha value is -2.34. The van der Waals surface area contributed by atoms with E-state index in [1.54, 1.807) is 0 Å². The van der Waals surface area contributed by atoms with Gasteiger partial charge in [0.15, 0.2) is 0 Å². The number of ether oxygens (including phenoxy) is 1. The SMILES string of the molecule is [3H]OCCC[C@H]1C[C@H](CCC)[C@H]2Oc3nc(C)nc(CCc4ccc(O[3H])cc4)c3NC12. The molecular formula is C24H33N3O3. The lowest BCUT2D eigenvalue weighted by Crippen LogP contribution is -2.44. The number of phenolic OH excluding ortho intramolecular Hbond substituents is 1. The van der Waals surface area contributed by atoms with Crippen LogP contribution >= 0.6 is 0 Å². The van der Waals surface area contributed by atoms with E-state index in [0.29, 0.717) is 30.1 Å². The highest BCUT2D eigenvalue weighted by molar-refractivity contribution is 5.60.